The van der Waals surface area contributed by atoms with E-state index in [1.807, 2.05) is 0 Å². The zero-order valence-corrected chi connectivity index (χ0v) is 12.9. The Morgan fingerprint density at radius 2 is 2.22 bits per heavy atom. The number of anilines is 1. The number of nitrogens with zero attached hydrogens (tertiary/aromatic N) is 3. The lowest BCUT2D eigenvalue weighted by molar-refractivity contribution is -0.256. The van der Waals surface area contributed by atoms with Gasteiger partial charge >= 0.3 is 0 Å². The Morgan fingerprint density at radius 1 is 1.43 bits per heavy atom. The highest BCUT2D eigenvalue weighted by Crippen LogP contribution is 2.40. The molecule has 124 valence electrons. The van der Waals surface area contributed by atoms with Crippen LogP contribution in [-0.2, 0) is 18.9 Å². The van der Waals surface area contributed by atoms with Crippen molar-refractivity contribution in [3.8, 4) is 0 Å². The first-order valence-electron chi connectivity index (χ1n) is 6.94. The van der Waals surface area contributed by atoms with Gasteiger partial charge in [-0.2, -0.15) is 0 Å². The summed E-state index contributed by atoms with van der Waals surface area (Å²) in [5.41, 5.74) is 6.79. The fourth-order valence-electron chi connectivity index (χ4n) is 2.93. The molecule has 10 nitrogen and oxygen atoms in total. The van der Waals surface area contributed by atoms with Crippen LogP contribution in [-0.4, -0.2) is 63.1 Å². The number of ether oxygens (including phenoxy) is 4. The molecule has 0 saturated carbocycles. The normalized spacial score (nSPS) is 33.4. The molecule has 0 aliphatic carbocycles. The Bertz CT molecular complexity index is 794. The van der Waals surface area contributed by atoms with Gasteiger partial charge in [0.05, 0.1) is 12.9 Å². The van der Waals surface area contributed by atoms with Gasteiger partial charge < -0.3 is 34.8 Å². The smallest absolute Gasteiger partial charge is 0.272 e. The molecule has 5 unspecified atom stereocenters. The van der Waals surface area contributed by atoms with E-state index in [2.05, 4.69) is 15.0 Å². The molecule has 0 radical (unpaired) electrons. The predicted octanol–water partition coefficient (Wildman–Crippen LogP) is -0.325. The molecule has 5 atom stereocenters. The standard InChI is InChI=1S/C12H15N5O5S/c1-19-12-21-6-4(2-18)20-10(7(6)22-12)17-3-14-5-8(17)15-11(13)16-9(5)23/h3-4,6-7,10,12,18H,2H2,1H3,(H3,13,15,16,23). The average Bonchev–Trinajstić information content (AvgIpc) is 3.19. The van der Waals surface area contributed by atoms with E-state index in [0.717, 1.165) is 0 Å². The van der Waals surface area contributed by atoms with E-state index in [-0.39, 0.29) is 12.6 Å². The Morgan fingerprint density at radius 3 is 2.96 bits per heavy atom. The number of rotatable bonds is 3. The van der Waals surface area contributed by atoms with E-state index in [1.54, 1.807) is 10.9 Å². The summed E-state index contributed by atoms with van der Waals surface area (Å²) < 4.78 is 24.2. The summed E-state index contributed by atoms with van der Waals surface area (Å²) in [6.07, 6.45) is -0.469. The second-order valence-corrected chi connectivity index (χ2v) is 5.64. The van der Waals surface area contributed by atoms with E-state index in [9.17, 15) is 5.11 Å². The quantitative estimate of drug-likeness (QED) is 0.643. The molecule has 2 aromatic rings. The van der Waals surface area contributed by atoms with Gasteiger partial charge in [-0.25, -0.2) is 9.97 Å². The van der Waals surface area contributed by atoms with Crippen molar-refractivity contribution in [1.29, 1.82) is 0 Å². The third-order valence-electron chi connectivity index (χ3n) is 3.93. The average molecular weight is 341 g/mol. The molecular formula is C12H15N5O5S. The van der Waals surface area contributed by atoms with Gasteiger partial charge in [0.15, 0.2) is 16.8 Å². The minimum absolute atomic E-state index is 0.177. The van der Waals surface area contributed by atoms with Crippen LogP contribution in [0.15, 0.2) is 6.33 Å². The van der Waals surface area contributed by atoms with E-state index in [1.165, 1.54) is 7.11 Å². The molecule has 4 N–H and O–H groups in total. The van der Waals surface area contributed by atoms with Crippen molar-refractivity contribution in [3.05, 3.63) is 11.0 Å². The Kier molecular flexibility index (Phi) is 3.55. The molecule has 2 aliphatic heterocycles. The number of aliphatic hydroxyl groups excluding tert-OH is 1. The number of aromatic nitrogens is 4. The molecular weight excluding hydrogens is 326 g/mol. The van der Waals surface area contributed by atoms with Crippen LogP contribution in [0.25, 0.3) is 11.2 Å². The largest absolute Gasteiger partial charge is 0.394 e. The molecule has 2 aliphatic rings. The fourth-order valence-corrected chi connectivity index (χ4v) is 3.18. The predicted molar refractivity (Wildman–Crippen MR) is 78.7 cm³/mol. The van der Waals surface area contributed by atoms with Crippen molar-refractivity contribution < 1.29 is 24.1 Å². The Hall–Kier alpha value is -1.63. The summed E-state index contributed by atoms with van der Waals surface area (Å²) in [6.45, 7) is -1.01. The molecule has 0 amide bonds. The van der Waals surface area contributed by atoms with Crippen LogP contribution in [0.2, 0.25) is 0 Å². The van der Waals surface area contributed by atoms with Crippen LogP contribution < -0.4 is 5.73 Å². The first kappa shape index (κ1) is 14.9. The third kappa shape index (κ3) is 2.24. The maximum absolute atomic E-state index is 9.51. The summed E-state index contributed by atoms with van der Waals surface area (Å²) in [5.74, 6) is 0.177. The second kappa shape index (κ2) is 5.47. The van der Waals surface area contributed by atoms with Gasteiger partial charge in [0, 0.05) is 7.11 Å². The maximum Gasteiger partial charge on any atom is 0.272 e. The van der Waals surface area contributed by atoms with Crippen LogP contribution in [0.3, 0.4) is 0 Å². The highest BCUT2D eigenvalue weighted by atomic mass is 32.1. The van der Waals surface area contributed by atoms with Crippen molar-refractivity contribution in [3.63, 3.8) is 0 Å². The number of nitrogen functional groups attached to an aromatic ring is 1. The van der Waals surface area contributed by atoms with Gasteiger partial charge in [-0.1, -0.05) is 12.2 Å². The van der Waals surface area contributed by atoms with E-state index < -0.39 is 31.0 Å². The summed E-state index contributed by atoms with van der Waals surface area (Å²) in [5, 5.41) is 9.51. The maximum atomic E-state index is 9.51. The monoisotopic (exact) mass is 341 g/mol. The zero-order valence-electron chi connectivity index (χ0n) is 12.1. The lowest BCUT2D eigenvalue weighted by Crippen LogP contribution is -2.31. The lowest BCUT2D eigenvalue weighted by atomic mass is 10.1. The van der Waals surface area contributed by atoms with Crippen molar-refractivity contribution in [2.75, 3.05) is 19.5 Å². The second-order valence-electron chi connectivity index (χ2n) is 5.25. The number of aromatic amines is 1. The molecule has 2 saturated heterocycles. The van der Waals surface area contributed by atoms with Crippen LogP contribution in [0.4, 0.5) is 5.95 Å². The van der Waals surface area contributed by atoms with Crippen molar-refractivity contribution in [1.82, 2.24) is 19.5 Å². The van der Waals surface area contributed by atoms with E-state index in [4.69, 9.17) is 36.9 Å². The summed E-state index contributed by atoms with van der Waals surface area (Å²) in [7, 11) is 1.48. The summed E-state index contributed by atoms with van der Waals surface area (Å²) in [6, 6.07) is 0. The Labute approximate surface area is 135 Å². The third-order valence-corrected chi connectivity index (χ3v) is 4.22. The first-order valence-corrected chi connectivity index (χ1v) is 7.35. The molecule has 11 heteroatoms. The summed E-state index contributed by atoms with van der Waals surface area (Å²) >= 11 is 5.16. The van der Waals surface area contributed by atoms with Crippen LogP contribution in [0.5, 0.6) is 0 Å². The number of nitrogens with one attached hydrogen (secondary N) is 1. The highest BCUT2D eigenvalue weighted by Gasteiger charge is 2.53. The molecule has 4 rings (SSSR count). The van der Waals surface area contributed by atoms with Crippen molar-refractivity contribution in [2.45, 2.75) is 31.0 Å². The molecule has 4 heterocycles. The molecule has 0 bridgehead atoms. The summed E-state index contributed by atoms with van der Waals surface area (Å²) in [4.78, 5) is 11.1. The van der Waals surface area contributed by atoms with Crippen molar-refractivity contribution in [2.24, 2.45) is 0 Å². The van der Waals surface area contributed by atoms with Gasteiger partial charge in [-0.05, 0) is 0 Å². The zero-order chi connectivity index (χ0) is 16.1. The van der Waals surface area contributed by atoms with Gasteiger partial charge in [0.25, 0.3) is 6.48 Å². The molecule has 2 aromatic heterocycles. The topological polar surface area (TPSA) is 130 Å². The first-order chi connectivity index (χ1) is 11.1. The molecule has 0 spiro atoms. The van der Waals surface area contributed by atoms with Crippen LogP contribution >= 0.6 is 12.2 Å². The van der Waals surface area contributed by atoms with E-state index in [0.29, 0.717) is 15.8 Å². The lowest BCUT2D eigenvalue weighted by Gasteiger charge is -2.20. The van der Waals surface area contributed by atoms with Crippen LogP contribution in [0, 0.1) is 4.64 Å². The Balaban J connectivity index is 1.77. The van der Waals surface area contributed by atoms with Gasteiger partial charge in [0.2, 0.25) is 0 Å². The SMILES string of the molecule is COC1OC2C(CO)OC(n3cnc4c(=S)nc(N)[nH]c43)C2O1. The van der Waals surface area contributed by atoms with Gasteiger partial charge in [-0.15, -0.1) is 0 Å². The molecule has 2 fully saturated rings. The van der Waals surface area contributed by atoms with E-state index >= 15 is 0 Å². The highest BCUT2D eigenvalue weighted by molar-refractivity contribution is 7.71. The minimum atomic E-state index is -0.800. The number of hydrogen-bond acceptors (Lipinski definition) is 9. The number of H-pyrrole nitrogens is 1. The minimum Gasteiger partial charge on any atom is -0.394 e. The number of aliphatic hydroxyl groups is 1. The molecule has 23 heavy (non-hydrogen) atoms. The fraction of sp³-hybridized carbons (Fsp3) is 0.583. The number of nitrogens with two attached hydrogens (primary N) is 1. The number of methoxy groups -OCH3 is 1. The van der Waals surface area contributed by atoms with Gasteiger partial charge in [-0.3, -0.25) is 4.57 Å². The van der Waals surface area contributed by atoms with Crippen molar-refractivity contribution >= 4 is 29.3 Å². The number of imidazole rings is 1. The van der Waals surface area contributed by atoms with Crippen LogP contribution in [0.1, 0.15) is 6.23 Å². The van der Waals surface area contributed by atoms with Gasteiger partial charge in [0.1, 0.15) is 29.5 Å². The molecule has 0 aromatic carbocycles. The number of hydrogen-bond donors (Lipinski definition) is 3. The number of fused-ring (bicyclic) bond motifs is 2.